The van der Waals surface area contributed by atoms with E-state index in [9.17, 15) is 9.90 Å². The van der Waals surface area contributed by atoms with Gasteiger partial charge in [-0.2, -0.15) is 0 Å². The highest BCUT2D eigenvalue weighted by atomic mass is 32.1. The quantitative estimate of drug-likeness (QED) is 0.891. The fourth-order valence-corrected chi connectivity index (χ4v) is 3.57. The van der Waals surface area contributed by atoms with Crippen LogP contribution in [0.3, 0.4) is 0 Å². The first kappa shape index (κ1) is 14.2. The number of hydrogen-bond donors (Lipinski definition) is 2. The summed E-state index contributed by atoms with van der Waals surface area (Å²) in [5.74, 6) is 0.348. The van der Waals surface area contributed by atoms with E-state index in [1.54, 1.807) is 23.7 Å². The first-order chi connectivity index (χ1) is 10.2. The molecule has 1 aliphatic carbocycles. The Labute approximate surface area is 127 Å². The van der Waals surface area contributed by atoms with E-state index >= 15 is 0 Å². The van der Waals surface area contributed by atoms with Crippen LogP contribution in [0.15, 0.2) is 42.0 Å². The number of aliphatic hydroxyl groups excluding tert-OH is 1. The third kappa shape index (κ3) is 3.49. The van der Waals surface area contributed by atoms with Crippen LogP contribution in [0, 0.1) is 5.92 Å². The molecule has 2 N–H and O–H groups in total. The molecular weight excluding hydrogens is 284 g/mol. The SMILES string of the molecule is O=C(Cc1ccncc1)N[C@H](c1cccs1)C1CC(O)C1. The predicted molar refractivity (Wildman–Crippen MR) is 81.9 cm³/mol. The van der Waals surface area contributed by atoms with Crippen LogP contribution in [-0.4, -0.2) is 22.1 Å². The number of hydrogen-bond acceptors (Lipinski definition) is 4. The van der Waals surface area contributed by atoms with E-state index in [0.717, 1.165) is 23.3 Å². The Hall–Kier alpha value is -1.72. The molecule has 0 saturated heterocycles. The summed E-state index contributed by atoms with van der Waals surface area (Å²) in [7, 11) is 0. The normalized spacial score (nSPS) is 22.3. The van der Waals surface area contributed by atoms with Gasteiger partial charge in [0.25, 0.3) is 0 Å². The molecule has 0 aliphatic heterocycles. The lowest BCUT2D eigenvalue weighted by atomic mass is 9.76. The van der Waals surface area contributed by atoms with Crippen LogP contribution >= 0.6 is 11.3 Å². The number of carbonyl (C=O) groups excluding carboxylic acids is 1. The van der Waals surface area contributed by atoms with Gasteiger partial charge in [0, 0.05) is 17.3 Å². The molecule has 3 rings (SSSR count). The molecule has 0 aromatic carbocycles. The molecule has 1 saturated carbocycles. The number of rotatable bonds is 5. The topological polar surface area (TPSA) is 62.2 Å². The van der Waals surface area contributed by atoms with Crippen molar-refractivity contribution in [3.05, 3.63) is 52.5 Å². The molecule has 1 amide bonds. The summed E-state index contributed by atoms with van der Waals surface area (Å²) in [6, 6.07) is 7.77. The van der Waals surface area contributed by atoms with Crippen molar-refractivity contribution in [3.8, 4) is 0 Å². The van der Waals surface area contributed by atoms with Gasteiger partial charge < -0.3 is 10.4 Å². The molecule has 1 fully saturated rings. The summed E-state index contributed by atoms with van der Waals surface area (Å²) in [5, 5.41) is 14.7. The van der Waals surface area contributed by atoms with Crippen LogP contribution in [0.2, 0.25) is 0 Å². The molecule has 2 aromatic heterocycles. The van der Waals surface area contributed by atoms with E-state index in [-0.39, 0.29) is 18.1 Å². The van der Waals surface area contributed by atoms with Gasteiger partial charge in [-0.3, -0.25) is 9.78 Å². The lowest BCUT2D eigenvalue weighted by Gasteiger charge is -2.37. The Morgan fingerprint density at radius 2 is 2.14 bits per heavy atom. The van der Waals surface area contributed by atoms with Crippen LogP contribution in [0.25, 0.3) is 0 Å². The standard InChI is InChI=1S/C16H18N2O2S/c19-13-9-12(10-13)16(14-2-1-7-21-14)18-15(20)8-11-3-5-17-6-4-11/h1-7,12-13,16,19H,8-10H2,(H,18,20)/t12?,13?,16-/m0/s1. The van der Waals surface area contributed by atoms with Crippen LogP contribution in [-0.2, 0) is 11.2 Å². The zero-order valence-electron chi connectivity index (χ0n) is 11.6. The summed E-state index contributed by atoms with van der Waals surface area (Å²) in [5.41, 5.74) is 0.959. The largest absolute Gasteiger partial charge is 0.393 e. The highest BCUT2D eigenvalue weighted by Gasteiger charge is 2.36. The van der Waals surface area contributed by atoms with E-state index in [4.69, 9.17) is 0 Å². The lowest BCUT2D eigenvalue weighted by molar-refractivity contribution is -0.122. The highest BCUT2D eigenvalue weighted by Crippen LogP contribution is 2.39. The predicted octanol–water partition coefficient (Wildman–Crippen LogP) is 2.31. The number of nitrogens with one attached hydrogen (secondary N) is 1. The van der Waals surface area contributed by atoms with Crippen LogP contribution in [0.4, 0.5) is 0 Å². The van der Waals surface area contributed by atoms with Crippen molar-refractivity contribution in [2.45, 2.75) is 31.4 Å². The van der Waals surface area contributed by atoms with Gasteiger partial charge in [-0.15, -0.1) is 11.3 Å². The van der Waals surface area contributed by atoms with Gasteiger partial charge in [0.1, 0.15) is 0 Å². The Morgan fingerprint density at radius 3 is 2.76 bits per heavy atom. The number of aliphatic hydroxyl groups is 1. The number of amides is 1. The minimum Gasteiger partial charge on any atom is -0.393 e. The van der Waals surface area contributed by atoms with Gasteiger partial charge >= 0.3 is 0 Å². The molecule has 4 nitrogen and oxygen atoms in total. The van der Waals surface area contributed by atoms with E-state index in [1.165, 1.54) is 0 Å². The average Bonchev–Trinajstić information content (AvgIpc) is 2.97. The van der Waals surface area contributed by atoms with Crippen LogP contribution < -0.4 is 5.32 Å². The van der Waals surface area contributed by atoms with E-state index < -0.39 is 0 Å². The van der Waals surface area contributed by atoms with Crippen molar-refractivity contribution >= 4 is 17.2 Å². The Morgan fingerprint density at radius 1 is 1.38 bits per heavy atom. The van der Waals surface area contributed by atoms with Gasteiger partial charge in [0.05, 0.1) is 18.6 Å². The molecular formula is C16H18N2O2S. The average molecular weight is 302 g/mol. The van der Waals surface area contributed by atoms with Crippen molar-refractivity contribution in [2.24, 2.45) is 5.92 Å². The highest BCUT2D eigenvalue weighted by molar-refractivity contribution is 7.10. The molecule has 1 aliphatic rings. The number of nitrogens with zero attached hydrogens (tertiary/aromatic N) is 1. The third-order valence-electron chi connectivity index (χ3n) is 3.90. The fourth-order valence-electron chi connectivity index (χ4n) is 2.70. The molecule has 1 atom stereocenters. The molecule has 0 spiro atoms. The van der Waals surface area contributed by atoms with Crippen molar-refractivity contribution in [3.63, 3.8) is 0 Å². The Bertz CT molecular complexity index is 580. The van der Waals surface area contributed by atoms with Gasteiger partial charge in [0.2, 0.25) is 5.91 Å². The van der Waals surface area contributed by atoms with E-state index in [0.29, 0.717) is 12.3 Å². The monoisotopic (exact) mass is 302 g/mol. The molecule has 0 radical (unpaired) electrons. The number of thiophene rings is 1. The maximum Gasteiger partial charge on any atom is 0.224 e. The van der Waals surface area contributed by atoms with Gasteiger partial charge in [-0.25, -0.2) is 0 Å². The first-order valence-electron chi connectivity index (χ1n) is 7.12. The minimum absolute atomic E-state index is 0.0148. The third-order valence-corrected chi connectivity index (χ3v) is 4.86. The van der Waals surface area contributed by atoms with Crippen molar-refractivity contribution < 1.29 is 9.90 Å². The molecule has 0 bridgehead atoms. The van der Waals surface area contributed by atoms with Gasteiger partial charge in [-0.05, 0) is 47.9 Å². The Kier molecular flexibility index (Phi) is 4.31. The number of aromatic nitrogens is 1. The molecule has 2 aromatic rings. The van der Waals surface area contributed by atoms with E-state index in [2.05, 4.69) is 10.3 Å². The summed E-state index contributed by atoms with van der Waals surface area (Å²) >= 11 is 1.65. The van der Waals surface area contributed by atoms with Gasteiger partial charge in [-0.1, -0.05) is 6.07 Å². The molecule has 110 valence electrons. The zero-order valence-corrected chi connectivity index (χ0v) is 12.4. The molecule has 21 heavy (non-hydrogen) atoms. The maximum atomic E-state index is 12.3. The summed E-state index contributed by atoms with van der Waals surface area (Å²) in [6.07, 6.45) is 5.06. The second-order valence-electron chi connectivity index (χ2n) is 5.48. The second kappa shape index (κ2) is 6.37. The maximum absolute atomic E-state index is 12.3. The molecule has 0 unspecified atom stereocenters. The van der Waals surface area contributed by atoms with Crippen molar-refractivity contribution in [1.82, 2.24) is 10.3 Å². The fraction of sp³-hybridized carbons (Fsp3) is 0.375. The minimum atomic E-state index is -0.213. The van der Waals surface area contributed by atoms with E-state index in [1.807, 2.05) is 29.6 Å². The van der Waals surface area contributed by atoms with Gasteiger partial charge in [0.15, 0.2) is 0 Å². The lowest BCUT2D eigenvalue weighted by Crippen LogP contribution is -2.41. The first-order valence-corrected chi connectivity index (χ1v) is 8.00. The molecule has 5 heteroatoms. The summed E-state index contributed by atoms with van der Waals surface area (Å²) in [4.78, 5) is 17.4. The smallest absolute Gasteiger partial charge is 0.224 e. The van der Waals surface area contributed by atoms with Crippen LogP contribution in [0.1, 0.15) is 29.3 Å². The van der Waals surface area contributed by atoms with Crippen LogP contribution in [0.5, 0.6) is 0 Å². The van der Waals surface area contributed by atoms with Crippen molar-refractivity contribution in [2.75, 3.05) is 0 Å². The summed E-state index contributed by atoms with van der Waals surface area (Å²) < 4.78 is 0. The number of carbonyl (C=O) groups is 1. The summed E-state index contributed by atoms with van der Waals surface area (Å²) in [6.45, 7) is 0. The Balaban J connectivity index is 1.65. The zero-order chi connectivity index (χ0) is 14.7. The second-order valence-corrected chi connectivity index (χ2v) is 6.46. The number of pyridine rings is 1. The molecule has 2 heterocycles. The van der Waals surface area contributed by atoms with Crippen molar-refractivity contribution in [1.29, 1.82) is 0 Å².